The van der Waals surface area contributed by atoms with E-state index in [9.17, 15) is 4.89 Å². The fourth-order valence-electron chi connectivity index (χ4n) is 1.48. The van der Waals surface area contributed by atoms with Crippen molar-refractivity contribution in [3.8, 4) is 0 Å². The van der Waals surface area contributed by atoms with Crippen LogP contribution >= 0.6 is 8.15 Å². The molecule has 2 aromatic rings. The Kier molecular flexibility index (Phi) is 3.15. The van der Waals surface area contributed by atoms with E-state index in [1.165, 1.54) is 5.56 Å². The van der Waals surface area contributed by atoms with Gasteiger partial charge in [0.25, 0.3) is 0 Å². The summed E-state index contributed by atoms with van der Waals surface area (Å²) in [5.74, 6) is 0. The Morgan fingerprint density at radius 2 is 1.53 bits per heavy atom. The first kappa shape index (κ1) is 10.4. The molecule has 15 heavy (non-hydrogen) atoms. The molecule has 1 unspecified atom stereocenters. The zero-order valence-electron chi connectivity index (χ0n) is 8.59. The molecule has 2 heteroatoms. The first-order valence-corrected chi connectivity index (χ1v) is 6.17. The average Bonchev–Trinajstić information content (AvgIpc) is 2.29. The average molecular weight is 216 g/mol. The molecule has 0 radical (unpaired) electrons. The molecule has 0 bridgehead atoms. The van der Waals surface area contributed by atoms with Crippen LogP contribution in [-0.2, 0) is 0 Å². The molecule has 0 saturated heterocycles. The van der Waals surface area contributed by atoms with E-state index in [-0.39, 0.29) is 0 Å². The lowest BCUT2D eigenvalue weighted by Crippen LogP contribution is -2.10. The van der Waals surface area contributed by atoms with E-state index in [1.807, 2.05) is 61.5 Å². The van der Waals surface area contributed by atoms with Gasteiger partial charge in [0.2, 0.25) is 0 Å². The van der Waals surface area contributed by atoms with Gasteiger partial charge in [-0.3, -0.25) is 0 Å². The van der Waals surface area contributed by atoms with E-state index in [2.05, 4.69) is 0 Å². The quantitative estimate of drug-likeness (QED) is 0.764. The Labute approximate surface area is 91.2 Å². The van der Waals surface area contributed by atoms with Crippen molar-refractivity contribution >= 4 is 18.8 Å². The zero-order valence-corrected chi connectivity index (χ0v) is 9.49. The van der Waals surface area contributed by atoms with E-state index in [1.54, 1.807) is 0 Å². The van der Waals surface area contributed by atoms with Crippen LogP contribution in [0.5, 0.6) is 0 Å². The molecule has 0 aliphatic rings. The monoisotopic (exact) mass is 216 g/mol. The van der Waals surface area contributed by atoms with Crippen LogP contribution in [0.4, 0.5) is 0 Å². The van der Waals surface area contributed by atoms with Crippen molar-refractivity contribution in [3.05, 3.63) is 60.2 Å². The van der Waals surface area contributed by atoms with Crippen molar-refractivity contribution in [2.45, 2.75) is 6.92 Å². The number of aryl methyl sites for hydroxylation is 1. The van der Waals surface area contributed by atoms with Gasteiger partial charge < -0.3 is 4.89 Å². The zero-order chi connectivity index (χ0) is 10.7. The number of hydrogen-bond acceptors (Lipinski definition) is 1. The largest absolute Gasteiger partial charge is 0.364 e. The second-order valence-corrected chi connectivity index (χ2v) is 5.14. The minimum absolute atomic E-state index is 0.998. The fraction of sp³-hybridized carbons (Fsp3) is 0.0769. The second kappa shape index (κ2) is 4.57. The summed E-state index contributed by atoms with van der Waals surface area (Å²) < 4.78 is 0. The molecule has 0 fully saturated rings. The van der Waals surface area contributed by atoms with Crippen LogP contribution in [0, 0.1) is 6.92 Å². The number of benzene rings is 2. The van der Waals surface area contributed by atoms with Gasteiger partial charge >= 0.3 is 0 Å². The SMILES string of the molecule is Cc1cccc(P(O)c2ccccc2)c1. The Morgan fingerprint density at radius 1 is 0.867 bits per heavy atom. The van der Waals surface area contributed by atoms with Gasteiger partial charge in [0.1, 0.15) is 0 Å². The topological polar surface area (TPSA) is 20.2 Å². The third kappa shape index (κ3) is 2.44. The molecule has 0 amide bonds. The lowest BCUT2D eigenvalue weighted by Gasteiger charge is -2.11. The summed E-state index contributed by atoms with van der Waals surface area (Å²) in [6.45, 7) is 2.04. The molecule has 1 atom stereocenters. The lowest BCUT2D eigenvalue weighted by molar-refractivity contribution is 0.644. The van der Waals surface area contributed by atoms with Gasteiger partial charge in [0.15, 0.2) is 0 Å². The lowest BCUT2D eigenvalue weighted by atomic mass is 10.2. The molecule has 2 rings (SSSR count). The molecule has 0 aromatic heterocycles. The van der Waals surface area contributed by atoms with Crippen molar-refractivity contribution in [3.63, 3.8) is 0 Å². The van der Waals surface area contributed by atoms with Gasteiger partial charge in [0.05, 0.1) is 8.15 Å². The molecule has 0 saturated carbocycles. The first-order valence-electron chi connectivity index (χ1n) is 4.88. The van der Waals surface area contributed by atoms with E-state index in [0.29, 0.717) is 0 Å². The Morgan fingerprint density at radius 3 is 2.20 bits per heavy atom. The third-order valence-corrected chi connectivity index (χ3v) is 3.80. The molecule has 1 nitrogen and oxygen atoms in total. The predicted octanol–water partition coefficient (Wildman–Crippen LogP) is 2.34. The minimum Gasteiger partial charge on any atom is -0.364 e. The van der Waals surface area contributed by atoms with Crippen LogP contribution in [0.1, 0.15) is 5.56 Å². The van der Waals surface area contributed by atoms with Crippen LogP contribution < -0.4 is 10.6 Å². The number of hydrogen-bond donors (Lipinski definition) is 1. The summed E-state index contributed by atoms with van der Waals surface area (Å²) in [6.07, 6.45) is 0. The second-order valence-electron chi connectivity index (χ2n) is 3.49. The summed E-state index contributed by atoms with van der Waals surface area (Å²) in [5.41, 5.74) is 1.19. The smallest absolute Gasteiger partial charge is 0.0877 e. The van der Waals surface area contributed by atoms with Gasteiger partial charge in [-0.15, -0.1) is 0 Å². The van der Waals surface area contributed by atoms with Crippen LogP contribution in [-0.4, -0.2) is 4.89 Å². The van der Waals surface area contributed by atoms with Gasteiger partial charge in [-0.1, -0.05) is 54.1 Å². The van der Waals surface area contributed by atoms with Gasteiger partial charge in [-0.25, -0.2) is 0 Å². The maximum atomic E-state index is 10.2. The molecular weight excluding hydrogens is 203 g/mol. The highest BCUT2D eigenvalue weighted by atomic mass is 31.1. The van der Waals surface area contributed by atoms with E-state index in [0.717, 1.165) is 10.6 Å². The van der Waals surface area contributed by atoms with Gasteiger partial charge in [-0.2, -0.15) is 0 Å². The maximum Gasteiger partial charge on any atom is 0.0877 e. The van der Waals surface area contributed by atoms with Gasteiger partial charge in [0, 0.05) is 10.6 Å². The molecule has 0 spiro atoms. The Balaban J connectivity index is 2.32. The minimum atomic E-state index is -1.19. The fourth-order valence-corrected chi connectivity index (χ4v) is 2.78. The number of rotatable bonds is 2. The Bertz CT molecular complexity index is 439. The van der Waals surface area contributed by atoms with E-state index >= 15 is 0 Å². The standard InChI is InChI=1S/C13H13OP/c1-11-6-5-9-13(10-11)15(14)12-7-3-2-4-8-12/h2-10,14H,1H3. The van der Waals surface area contributed by atoms with Crippen molar-refractivity contribution in [1.82, 2.24) is 0 Å². The summed E-state index contributed by atoms with van der Waals surface area (Å²) in [5, 5.41) is 2.01. The molecular formula is C13H13OP. The van der Waals surface area contributed by atoms with Crippen molar-refractivity contribution < 1.29 is 4.89 Å². The van der Waals surface area contributed by atoms with Crippen molar-refractivity contribution in [1.29, 1.82) is 0 Å². The highest BCUT2D eigenvalue weighted by Gasteiger charge is 2.09. The third-order valence-electron chi connectivity index (χ3n) is 2.25. The molecule has 0 heterocycles. The summed E-state index contributed by atoms with van der Waals surface area (Å²) in [4.78, 5) is 10.2. The molecule has 1 N–H and O–H groups in total. The van der Waals surface area contributed by atoms with Crippen LogP contribution in [0.2, 0.25) is 0 Å². The molecule has 76 valence electrons. The van der Waals surface area contributed by atoms with Crippen molar-refractivity contribution in [2.24, 2.45) is 0 Å². The highest BCUT2D eigenvalue weighted by Crippen LogP contribution is 2.27. The summed E-state index contributed by atoms with van der Waals surface area (Å²) in [6, 6.07) is 17.8. The van der Waals surface area contributed by atoms with E-state index in [4.69, 9.17) is 0 Å². The first-order chi connectivity index (χ1) is 7.27. The summed E-state index contributed by atoms with van der Waals surface area (Å²) in [7, 11) is -1.19. The van der Waals surface area contributed by atoms with Crippen LogP contribution in [0.25, 0.3) is 0 Å². The predicted molar refractivity (Wildman–Crippen MR) is 66.0 cm³/mol. The van der Waals surface area contributed by atoms with Gasteiger partial charge in [-0.05, 0) is 13.0 Å². The molecule has 2 aromatic carbocycles. The highest BCUT2D eigenvalue weighted by molar-refractivity contribution is 7.67. The molecule has 0 aliphatic carbocycles. The van der Waals surface area contributed by atoms with Crippen LogP contribution in [0.3, 0.4) is 0 Å². The van der Waals surface area contributed by atoms with E-state index < -0.39 is 8.15 Å². The van der Waals surface area contributed by atoms with Crippen LogP contribution in [0.15, 0.2) is 54.6 Å². The summed E-state index contributed by atoms with van der Waals surface area (Å²) >= 11 is 0. The normalized spacial score (nSPS) is 12.4. The molecule has 0 aliphatic heterocycles. The Hall–Kier alpha value is -1.17. The van der Waals surface area contributed by atoms with Crippen molar-refractivity contribution in [2.75, 3.05) is 0 Å². The maximum absolute atomic E-state index is 10.2.